The first-order valence-corrected chi connectivity index (χ1v) is 5.20. The van der Waals surface area contributed by atoms with Gasteiger partial charge >= 0.3 is 0 Å². The van der Waals surface area contributed by atoms with Gasteiger partial charge in [-0.15, -0.1) is 0 Å². The van der Waals surface area contributed by atoms with Gasteiger partial charge in [0.2, 0.25) is 0 Å². The van der Waals surface area contributed by atoms with Gasteiger partial charge in [-0.1, -0.05) is 27.2 Å². The first-order chi connectivity index (χ1) is 5.86. The standard InChI is InChI=1S/C8H17NO.C2H6/c1-2-3-8-6-9(7-8)4-5-10;1-2/h8,10H,2-7H2,1H3;1-2H3. The molecule has 2 nitrogen and oxygen atoms in total. The zero-order valence-electron chi connectivity index (χ0n) is 8.71. The number of likely N-dealkylation sites (tertiary alicyclic amines) is 1. The Hall–Kier alpha value is -0.0800. The molecular formula is C10H23NO. The van der Waals surface area contributed by atoms with Gasteiger partial charge in [-0.05, 0) is 12.3 Å². The number of β-amino-alcohol motifs (C(OH)–C–C–N with tert-alkyl or cyclic N) is 1. The number of nitrogens with zero attached hydrogens (tertiary/aromatic N) is 1. The molecule has 0 aromatic carbocycles. The van der Waals surface area contributed by atoms with Crippen LogP contribution in [0.25, 0.3) is 0 Å². The van der Waals surface area contributed by atoms with Crippen LogP contribution in [-0.2, 0) is 0 Å². The predicted octanol–water partition coefficient (Wildman–Crippen LogP) is 1.74. The average Bonchev–Trinajstić information content (AvgIpc) is 2.05. The highest BCUT2D eigenvalue weighted by Gasteiger charge is 2.24. The molecule has 0 bridgehead atoms. The van der Waals surface area contributed by atoms with Gasteiger partial charge < -0.3 is 10.0 Å². The molecule has 0 atom stereocenters. The fraction of sp³-hybridized carbons (Fsp3) is 1.00. The number of hydrogen-bond acceptors (Lipinski definition) is 2. The molecule has 1 fully saturated rings. The zero-order valence-corrected chi connectivity index (χ0v) is 8.71. The van der Waals surface area contributed by atoms with Crippen LogP contribution in [0, 0.1) is 5.92 Å². The van der Waals surface area contributed by atoms with Crippen molar-refractivity contribution in [2.45, 2.75) is 33.6 Å². The van der Waals surface area contributed by atoms with Crippen LogP contribution in [0.2, 0.25) is 0 Å². The molecule has 12 heavy (non-hydrogen) atoms. The van der Waals surface area contributed by atoms with E-state index in [-0.39, 0.29) is 0 Å². The van der Waals surface area contributed by atoms with E-state index in [1.165, 1.54) is 25.9 Å². The summed E-state index contributed by atoms with van der Waals surface area (Å²) in [6.07, 6.45) is 2.67. The highest BCUT2D eigenvalue weighted by Crippen LogP contribution is 2.19. The maximum atomic E-state index is 8.58. The van der Waals surface area contributed by atoms with Crippen molar-refractivity contribution in [3.63, 3.8) is 0 Å². The molecule has 1 aliphatic heterocycles. The molecule has 1 rings (SSSR count). The number of aliphatic hydroxyl groups excluding tert-OH is 1. The van der Waals surface area contributed by atoms with Crippen molar-refractivity contribution in [3.05, 3.63) is 0 Å². The summed E-state index contributed by atoms with van der Waals surface area (Å²) in [5, 5.41) is 8.58. The number of aliphatic hydroxyl groups is 1. The summed E-state index contributed by atoms with van der Waals surface area (Å²) in [4.78, 5) is 2.31. The Morgan fingerprint density at radius 3 is 2.33 bits per heavy atom. The number of rotatable bonds is 4. The fourth-order valence-electron chi connectivity index (χ4n) is 1.59. The lowest BCUT2D eigenvalue weighted by molar-refractivity contribution is 0.0729. The van der Waals surface area contributed by atoms with Crippen molar-refractivity contribution in [3.8, 4) is 0 Å². The van der Waals surface area contributed by atoms with E-state index in [0.29, 0.717) is 6.61 Å². The van der Waals surface area contributed by atoms with Crippen LogP contribution in [-0.4, -0.2) is 36.2 Å². The van der Waals surface area contributed by atoms with Crippen LogP contribution in [0.4, 0.5) is 0 Å². The van der Waals surface area contributed by atoms with Gasteiger partial charge in [-0.3, -0.25) is 0 Å². The Kier molecular flexibility index (Phi) is 7.51. The van der Waals surface area contributed by atoms with E-state index >= 15 is 0 Å². The van der Waals surface area contributed by atoms with Crippen LogP contribution >= 0.6 is 0 Å². The summed E-state index contributed by atoms with van der Waals surface area (Å²) in [6, 6.07) is 0. The summed E-state index contributed by atoms with van der Waals surface area (Å²) in [6.45, 7) is 9.86. The van der Waals surface area contributed by atoms with Crippen molar-refractivity contribution in [1.29, 1.82) is 0 Å². The van der Waals surface area contributed by atoms with Crippen molar-refractivity contribution in [2.24, 2.45) is 5.92 Å². The Labute approximate surface area is 76.6 Å². The second-order valence-electron chi connectivity index (χ2n) is 3.14. The molecule has 1 saturated heterocycles. The van der Waals surface area contributed by atoms with E-state index in [0.717, 1.165) is 12.5 Å². The van der Waals surface area contributed by atoms with Gasteiger partial charge in [0.1, 0.15) is 0 Å². The first-order valence-electron chi connectivity index (χ1n) is 5.20. The number of hydrogen-bond donors (Lipinski definition) is 1. The van der Waals surface area contributed by atoms with Gasteiger partial charge in [0.25, 0.3) is 0 Å². The molecule has 0 unspecified atom stereocenters. The molecule has 1 aliphatic rings. The second kappa shape index (κ2) is 7.56. The lowest BCUT2D eigenvalue weighted by Gasteiger charge is -2.38. The molecule has 1 N–H and O–H groups in total. The lowest BCUT2D eigenvalue weighted by Crippen LogP contribution is -2.47. The SMILES string of the molecule is CC.CCCC1CN(CCO)C1. The molecular weight excluding hydrogens is 150 g/mol. The molecule has 74 valence electrons. The molecule has 0 amide bonds. The quantitative estimate of drug-likeness (QED) is 0.700. The molecule has 1 heterocycles. The van der Waals surface area contributed by atoms with Crippen LogP contribution in [0.15, 0.2) is 0 Å². The third-order valence-electron chi connectivity index (χ3n) is 2.15. The third kappa shape index (κ3) is 4.07. The van der Waals surface area contributed by atoms with Crippen LogP contribution in [0.3, 0.4) is 0 Å². The largest absolute Gasteiger partial charge is 0.395 e. The van der Waals surface area contributed by atoms with Gasteiger partial charge in [0.15, 0.2) is 0 Å². The van der Waals surface area contributed by atoms with Crippen molar-refractivity contribution >= 4 is 0 Å². The van der Waals surface area contributed by atoms with Crippen molar-refractivity contribution < 1.29 is 5.11 Å². The van der Waals surface area contributed by atoms with Crippen molar-refractivity contribution in [1.82, 2.24) is 4.90 Å². The smallest absolute Gasteiger partial charge is 0.0558 e. The third-order valence-corrected chi connectivity index (χ3v) is 2.15. The van der Waals surface area contributed by atoms with Crippen LogP contribution in [0.1, 0.15) is 33.6 Å². The Bertz CT molecular complexity index is 79.8. The summed E-state index contributed by atoms with van der Waals surface area (Å²) in [7, 11) is 0. The summed E-state index contributed by atoms with van der Waals surface area (Å²) >= 11 is 0. The second-order valence-corrected chi connectivity index (χ2v) is 3.14. The van der Waals surface area contributed by atoms with E-state index in [1.54, 1.807) is 0 Å². The van der Waals surface area contributed by atoms with Gasteiger partial charge in [-0.2, -0.15) is 0 Å². The van der Waals surface area contributed by atoms with Crippen molar-refractivity contribution in [2.75, 3.05) is 26.2 Å². The van der Waals surface area contributed by atoms with E-state index in [4.69, 9.17) is 5.11 Å². The van der Waals surface area contributed by atoms with E-state index < -0.39 is 0 Å². The van der Waals surface area contributed by atoms with Crippen LogP contribution < -0.4 is 0 Å². The normalized spacial score (nSPS) is 18.0. The molecule has 0 spiro atoms. The summed E-state index contributed by atoms with van der Waals surface area (Å²) in [5.41, 5.74) is 0. The van der Waals surface area contributed by atoms with Crippen LogP contribution in [0.5, 0.6) is 0 Å². The minimum absolute atomic E-state index is 0.318. The topological polar surface area (TPSA) is 23.5 Å². The minimum Gasteiger partial charge on any atom is -0.395 e. The lowest BCUT2D eigenvalue weighted by atomic mass is 9.95. The first kappa shape index (κ1) is 11.9. The monoisotopic (exact) mass is 173 g/mol. The highest BCUT2D eigenvalue weighted by molar-refractivity contribution is 4.78. The Balaban J connectivity index is 0.000000561. The van der Waals surface area contributed by atoms with Gasteiger partial charge in [-0.25, -0.2) is 0 Å². The Morgan fingerprint density at radius 1 is 1.33 bits per heavy atom. The van der Waals surface area contributed by atoms with Gasteiger partial charge in [0.05, 0.1) is 6.61 Å². The maximum Gasteiger partial charge on any atom is 0.0558 e. The molecule has 0 aromatic heterocycles. The zero-order chi connectivity index (χ0) is 9.40. The maximum absolute atomic E-state index is 8.58. The molecule has 0 aliphatic carbocycles. The fourth-order valence-corrected chi connectivity index (χ4v) is 1.59. The van der Waals surface area contributed by atoms with E-state index in [1.807, 2.05) is 13.8 Å². The molecule has 0 radical (unpaired) electrons. The predicted molar refractivity (Wildman–Crippen MR) is 53.3 cm³/mol. The van der Waals surface area contributed by atoms with E-state index in [2.05, 4.69) is 11.8 Å². The Morgan fingerprint density at radius 2 is 1.92 bits per heavy atom. The molecule has 0 saturated carbocycles. The molecule has 0 aromatic rings. The van der Waals surface area contributed by atoms with E-state index in [9.17, 15) is 0 Å². The summed E-state index contributed by atoms with van der Waals surface area (Å²) in [5.74, 6) is 0.927. The minimum atomic E-state index is 0.318. The average molecular weight is 173 g/mol. The summed E-state index contributed by atoms with van der Waals surface area (Å²) < 4.78 is 0. The highest BCUT2D eigenvalue weighted by atomic mass is 16.3. The molecule has 2 heteroatoms. The van der Waals surface area contributed by atoms with Gasteiger partial charge in [0, 0.05) is 19.6 Å².